The van der Waals surface area contributed by atoms with Crippen LogP contribution in [0, 0.1) is 0 Å². The molecule has 15 nitrogen and oxygen atoms in total. The first kappa shape index (κ1) is 32.5. The van der Waals surface area contributed by atoms with E-state index in [1.54, 1.807) is 27.7 Å². The number of rotatable bonds is 12. The van der Waals surface area contributed by atoms with Crippen LogP contribution >= 0.6 is 23.1 Å². The van der Waals surface area contributed by atoms with Crippen molar-refractivity contribution in [3.05, 3.63) is 22.3 Å². The topological polar surface area (TPSA) is 217 Å². The number of carbonyl (C=O) groups excluding carboxylic acids is 5. The van der Waals surface area contributed by atoms with Crippen molar-refractivity contribution in [3.8, 4) is 0 Å². The summed E-state index contributed by atoms with van der Waals surface area (Å²) in [5, 5.41) is 17.0. The number of carboxylic acid groups (broad SMARTS) is 1. The van der Waals surface area contributed by atoms with Crippen LogP contribution in [-0.4, -0.2) is 91.7 Å². The zero-order valence-corrected chi connectivity index (χ0v) is 25.1. The lowest BCUT2D eigenvalue weighted by Gasteiger charge is -2.49. The number of nitrogen functional groups attached to an aromatic ring is 1. The van der Waals surface area contributed by atoms with Crippen molar-refractivity contribution in [3.63, 3.8) is 0 Å². The van der Waals surface area contributed by atoms with Gasteiger partial charge in [-0.1, -0.05) is 12.1 Å². The number of β-lactam (4-membered cyclic amide) rings is 1. The van der Waals surface area contributed by atoms with Crippen molar-refractivity contribution >= 4 is 69.4 Å². The predicted octanol–water partition coefficient (Wildman–Crippen LogP) is 0.827. The van der Waals surface area contributed by atoms with Gasteiger partial charge >= 0.3 is 17.9 Å². The number of nitrogens with zero attached hydrogens (tertiary/aromatic N) is 3. The maximum atomic E-state index is 13.3. The molecule has 1 saturated heterocycles. The SMILES string of the molecule is CCC(O/N=C(\C(=O)N[C@@H]1C(=O)N2C(C(=O)O)=C(COC(=O)CC(C)=O)CS[C@H]12)c1csc(N)n1)C(=O)OC(C)(C)C. The largest absolute Gasteiger partial charge is 0.477 e. The summed E-state index contributed by atoms with van der Waals surface area (Å²) in [6.45, 7) is 7.54. The van der Waals surface area contributed by atoms with Crippen molar-refractivity contribution in [2.75, 3.05) is 18.1 Å². The standard InChI is InChI=1S/C25H31N5O10S2/c1-6-14(23(37)39-25(3,4)5)40-29-16(13-10-42-24(26)27-13)19(33)28-17-20(34)30-18(22(35)36)12(9-41-21(17)30)8-38-15(32)7-11(2)31/h10,14,17,21H,6-9H2,1-5H3,(H2,26,27)(H,28,33)(H,35,36)/b29-16-/t14?,17-,21-/m1/s1. The normalized spacial score (nSPS) is 19.3. The summed E-state index contributed by atoms with van der Waals surface area (Å²) < 4.78 is 10.3. The van der Waals surface area contributed by atoms with E-state index in [1.807, 2.05) is 0 Å². The van der Waals surface area contributed by atoms with Crippen molar-refractivity contribution in [2.45, 2.75) is 70.6 Å². The van der Waals surface area contributed by atoms with Crippen LogP contribution in [0.5, 0.6) is 0 Å². The van der Waals surface area contributed by atoms with E-state index in [0.29, 0.717) is 0 Å². The molecule has 0 radical (unpaired) electrons. The molecule has 0 spiro atoms. The highest BCUT2D eigenvalue weighted by molar-refractivity contribution is 8.00. The predicted molar refractivity (Wildman–Crippen MR) is 150 cm³/mol. The van der Waals surface area contributed by atoms with Crippen LogP contribution in [0.1, 0.15) is 53.2 Å². The molecule has 3 rings (SSSR count). The van der Waals surface area contributed by atoms with E-state index in [-0.39, 0.29) is 40.0 Å². The molecule has 1 fully saturated rings. The number of fused-ring (bicyclic) bond motifs is 1. The third-order valence-electron chi connectivity index (χ3n) is 5.63. The summed E-state index contributed by atoms with van der Waals surface area (Å²) in [6.07, 6.45) is -1.42. The number of amides is 2. The lowest BCUT2D eigenvalue weighted by molar-refractivity contribution is -0.169. The number of nitrogens with two attached hydrogens (primary N) is 1. The van der Waals surface area contributed by atoms with Crippen LogP contribution in [-0.2, 0) is 43.1 Å². The van der Waals surface area contributed by atoms with Crippen LogP contribution in [0.3, 0.4) is 0 Å². The summed E-state index contributed by atoms with van der Waals surface area (Å²) in [5.74, 6) is -4.85. The number of anilines is 1. The average molecular weight is 626 g/mol. The van der Waals surface area contributed by atoms with Gasteiger partial charge in [0, 0.05) is 16.7 Å². The number of carboxylic acids is 1. The van der Waals surface area contributed by atoms with Gasteiger partial charge < -0.3 is 30.5 Å². The molecule has 2 aliphatic rings. The number of Topliss-reactive ketones (excluding diaryl/α,β-unsaturated/α-hetero) is 1. The van der Waals surface area contributed by atoms with E-state index in [1.165, 1.54) is 12.3 Å². The number of aromatic nitrogens is 1. The molecular formula is C25H31N5O10S2. The molecule has 17 heteroatoms. The van der Waals surface area contributed by atoms with Gasteiger partial charge in [-0.25, -0.2) is 14.6 Å². The number of carbonyl (C=O) groups is 6. The molecule has 1 aromatic heterocycles. The Hall–Kier alpha value is -3.99. The molecule has 2 amide bonds. The second kappa shape index (κ2) is 13.3. The molecule has 228 valence electrons. The van der Waals surface area contributed by atoms with Crippen molar-refractivity contribution in [1.82, 2.24) is 15.2 Å². The van der Waals surface area contributed by atoms with Crippen LogP contribution in [0.2, 0.25) is 0 Å². The first-order valence-electron chi connectivity index (χ1n) is 12.7. The van der Waals surface area contributed by atoms with Gasteiger partial charge in [0.15, 0.2) is 10.8 Å². The van der Waals surface area contributed by atoms with Gasteiger partial charge in [0.05, 0.1) is 0 Å². The van der Waals surface area contributed by atoms with Crippen molar-refractivity contribution in [2.24, 2.45) is 5.16 Å². The van der Waals surface area contributed by atoms with E-state index >= 15 is 0 Å². The van der Waals surface area contributed by atoms with Crippen molar-refractivity contribution in [1.29, 1.82) is 0 Å². The minimum Gasteiger partial charge on any atom is -0.477 e. The Balaban J connectivity index is 1.78. The van der Waals surface area contributed by atoms with E-state index < -0.39 is 71.7 Å². The lowest BCUT2D eigenvalue weighted by Crippen LogP contribution is -2.71. The molecule has 0 aliphatic carbocycles. The van der Waals surface area contributed by atoms with E-state index in [4.69, 9.17) is 20.0 Å². The number of hydrogen-bond donors (Lipinski definition) is 3. The fraction of sp³-hybridized carbons (Fsp3) is 0.520. The summed E-state index contributed by atoms with van der Waals surface area (Å²) in [6, 6.07) is -1.13. The number of nitrogens with one attached hydrogen (secondary N) is 1. The van der Waals surface area contributed by atoms with E-state index in [0.717, 1.165) is 28.0 Å². The number of aliphatic carboxylic acids is 1. The zero-order chi connectivity index (χ0) is 31.4. The second-order valence-corrected chi connectivity index (χ2v) is 12.2. The molecule has 3 heterocycles. The van der Waals surface area contributed by atoms with Gasteiger partial charge in [-0.05, 0) is 34.1 Å². The minimum atomic E-state index is -1.42. The fourth-order valence-corrected chi connectivity index (χ4v) is 5.67. The molecule has 0 saturated carbocycles. The smallest absolute Gasteiger partial charge is 0.352 e. The van der Waals surface area contributed by atoms with Crippen LogP contribution in [0.4, 0.5) is 5.13 Å². The Bertz CT molecular complexity index is 1350. The number of thioether (sulfide) groups is 1. The lowest BCUT2D eigenvalue weighted by atomic mass is 10.0. The van der Waals surface area contributed by atoms with Crippen molar-refractivity contribution < 1.29 is 48.2 Å². The molecule has 3 atom stereocenters. The summed E-state index contributed by atoms with van der Waals surface area (Å²) >= 11 is 2.18. The van der Waals surface area contributed by atoms with Crippen LogP contribution < -0.4 is 11.1 Å². The summed E-state index contributed by atoms with van der Waals surface area (Å²) in [7, 11) is 0. The number of ether oxygens (including phenoxy) is 2. The number of thiazole rings is 1. The number of oxime groups is 1. The Morgan fingerprint density at radius 3 is 2.52 bits per heavy atom. The molecule has 0 aromatic carbocycles. The van der Waals surface area contributed by atoms with Gasteiger partial charge in [-0.3, -0.25) is 24.1 Å². The molecule has 1 unspecified atom stereocenters. The Morgan fingerprint density at radius 2 is 1.98 bits per heavy atom. The van der Waals surface area contributed by atoms with Gasteiger partial charge in [-0.2, -0.15) is 0 Å². The third-order valence-corrected chi connectivity index (χ3v) is 7.64. The van der Waals surface area contributed by atoms with Gasteiger partial charge in [0.2, 0.25) is 6.10 Å². The Labute approximate surface area is 248 Å². The highest BCUT2D eigenvalue weighted by Crippen LogP contribution is 2.40. The summed E-state index contributed by atoms with van der Waals surface area (Å²) in [5.41, 5.74) is 4.42. The zero-order valence-electron chi connectivity index (χ0n) is 23.5. The minimum absolute atomic E-state index is 0.0368. The third kappa shape index (κ3) is 7.84. The molecule has 42 heavy (non-hydrogen) atoms. The monoisotopic (exact) mass is 625 g/mol. The van der Waals surface area contributed by atoms with Crippen LogP contribution in [0.15, 0.2) is 21.8 Å². The number of hydrogen-bond acceptors (Lipinski definition) is 14. The van der Waals surface area contributed by atoms with E-state index in [2.05, 4.69) is 15.5 Å². The van der Waals surface area contributed by atoms with Gasteiger partial charge in [0.25, 0.3) is 11.8 Å². The molecule has 0 bridgehead atoms. The first-order valence-corrected chi connectivity index (χ1v) is 14.6. The maximum Gasteiger partial charge on any atom is 0.352 e. The van der Waals surface area contributed by atoms with Gasteiger partial charge in [0.1, 0.15) is 47.2 Å². The summed E-state index contributed by atoms with van der Waals surface area (Å²) in [4.78, 5) is 84.2. The van der Waals surface area contributed by atoms with E-state index in [9.17, 15) is 33.9 Å². The second-order valence-electron chi connectivity index (χ2n) is 10.2. The average Bonchev–Trinajstić information content (AvgIpc) is 3.31. The Kier molecular flexibility index (Phi) is 10.3. The first-order chi connectivity index (χ1) is 19.6. The molecular weight excluding hydrogens is 594 g/mol. The number of ketones is 1. The quantitative estimate of drug-likeness (QED) is 0.0965. The molecule has 4 N–H and O–H groups in total. The number of esters is 2. The van der Waals surface area contributed by atoms with Crippen LogP contribution in [0.25, 0.3) is 0 Å². The highest BCUT2D eigenvalue weighted by Gasteiger charge is 2.54. The highest BCUT2D eigenvalue weighted by atomic mass is 32.2. The Morgan fingerprint density at radius 1 is 1.29 bits per heavy atom. The molecule has 2 aliphatic heterocycles. The molecule has 1 aromatic rings. The maximum absolute atomic E-state index is 13.3. The van der Waals surface area contributed by atoms with Gasteiger partial charge in [-0.15, -0.1) is 23.1 Å². The fourth-order valence-electron chi connectivity index (χ4n) is 3.79.